The number of carboxylic acid groups (broad SMARTS) is 1. The van der Waals surface area contributed by atoms with Gasteiger partial charge in [0.25, 0.3) is 0 Å². The highest BCUT2D eigenvalue weighted by atomic mass is 16.4. The Kier molecular flexibility index (Phi) is 5.54. The van der Waals surface area contributed by atoms with E-state index >= 15 is 0 Å². The van der Waals surface area contributed by atoms with E-state index in [9.17, 15) is 9.59 Å². The van der Waals surface area contributed by atoms with Crippen molar-refractivity contribution < 1.29 is 14.7 Å². The lowest BCUT2D eigenvalue weighted by molar-refractivity contribution is -0.137. The van der Waals surface area contributed by atoms with Gasteiger partial charge in [-0.25, -0.2) is 9.78 Å². The molecule has 4 N–H and O–H groups in total. The number of aromatic nitrogens is 2. The van der Waals surface area contributed by atoms with Crippen molar-refractivity contribution in [3.8, 4) is 0 Å². The first-order valence-corrected chi connectivity index (χ1v) is 6.51. The summed E-state index contributed by atoms with van der Waals surface area (Å²) in [4.78, 5) is 29.4. The van der Waals surface area contributed by atoms with Crippen LogP contribution in [0.3, 0.4) is 0 Å². The van der Waals surface area contributed by atoms with Crippen LogP contribution < -0.4 is 10.6 Å². The molecule has 1 rings (SSSR count). The van der Waals surface area contributed by atoms with Crippen molar-refractivity contribution >= 4 is 12.0 Å². The predicted molar refractivity (Wildman–Crippen MR) is 74.1 cm³/mol. The first-order chi connectivity index (χ1) is 9.26. The summed E-state index contributed by atoms with van der Waals surface area (Å²) < 4.78 is 0. The fourth-order valence-corrected chi connectivity index (χ4v) is 1.92. The Balaban J connectivity index is 2.46. The van der Waals surface area contributed by atoms with Gasteiger partial charge in [0.15, 0.2) is 0 Å². The van der Waals surface area contributed by atoms with Crippen LogP contribution in [-0.2, 0) is 11.3 Å². The molecule has 0 spiro atoms. The molecule has 0 radical (unpaired) electrons. The van der Waals surface area contributed by atoms with E-state index in [1.807, 2.05) is 20.8 Å². The number of aromatic amines is 1. The maximum Gasteiger partial charge on any atom is 0.315 e. The molecule has 0 fully saturated rings. The number of amides is 2. The van der Waals surface area contributed by atoms with Crippen LogP contribution in [0.5, 0.6) is 0 Å². The molecule has 0 aromatic carbocycles. The molecule has 1 unspecified atom stereocenters. The maximum absolute atomic E-state index is 11.8. The number of nitrogens with zero attached hydrogens (tertiary/aromatic N) is 1. The van der Waals surface area contributed by atoms with Crippen molar-refractivity contribution in [2.24, 2.45) is 5.41 Å². The molecule has 2 amide bonds. The summed E-state index contributed by atoms with van der Waals surface area (Å²) in [7, 11) is 0. The molecule has 0 saturated carbocycles. The Morgan fingerprint density at radius 1 is 1.45 bits per heavy atom. The summed E-state index contributed by atoms with van der Waals surface area (Å²) >= 11 is 0. The van der Waals surface area contributed by atoms with Gasteiger partial charge < -0.3 is 20.7 Å². The van der Waals surface area contributed by atoms with Gasteiger partial charge >= 0.3 is 12.0 Å². The second kappa shape index (κ2) is 6.93. The average Bonchev–Trinajstić information content (AvgIpc) is 2.75. The quantitative estimate of drug-likeness (QED) is 0.634. The van der Waals surface area contributed by atoms with E-state index in [2.05, 4.69) is 20.6 Å². The first-order valence-electron chi connectivity index (χ1n) is 6.51. The number of hydrogen-bond acceptors (Lipinski definition) is 3. The normalized spacial score (nSPS) is 12.8. The van der Waals surface area contributed by atoms with E-state index in [4.69, 9.17) is 5.11 Å². The molecular weight excluding hydrogens is 260 g/mol. The summed E-state index contributed by atoms with van der Waals surface area (Å²) in [6, 6.07) is -0.791. The standard InChI is InChI=1S/C13H22N4O3/c1-13(2,3)7-9(6-11(18)19)17-12(20)16-8-10-14-4-5-15-10/h4-5,9H,6-8H2,1-3H3,(H,14,15)(H,18,19)(H2,16,17,20). The van der Waals surface area contributed by atoms with Crippen molar-refractivity contribution in [1.82, 2.24) is 20.6 Å². The van der Waals surface area contributed by atoms with Crippen LogP contribution in [-0.4, -0.2) is 33.1 Å². The number of rotatable bonds is 6. The smallest absolute Gasteiger partial charge is 0.315 e. The number of carbonyl (C=O) groups excluding carboxylic acids is 1. The topological polar surface area (TPSA) is 107 Å². The third kappa shape index (κ3) is 6.77. The lowest BCUT2D eigenvalue weighted by Gasteiger charge is -2.25. The highest BCUT2D eigenvalue weighted by Crippen LogP contribution is 2.22. The molecule has 0 aliphatic carbocycles. The van der Waals surface area contributed by atoms with Crippen LogP contribution in [0.4, 0.5) is 4.79 Å². The molecule has 7 heteroatoms. The summed E-state index contributed by atoms with van der Waals surface area (Å²) in [6.07, 6.45) is 3.77. The van der Waals surface area contributed by atoms with Crippen LogP contribution in [0.1, 0.15) is 39.4 Å². The fourth-order valence-electron chi connectivity index (χ4n) is 1.92. The minimum absolute atomic E-state index is 0.0611. The van der Waals surface area contributed by atoms with Crippen LogP contribution in [0.2, 0.25) is 0 Å². The molecule has 1 aromatic rings. The van der Waals surface area contributed by atoms with Crippen LogP contribution >= 0.6 is 0 Å². The van der Waals surface area contributed by atoms with Crippen molar-refractivity contribution in [3.63, 3.8) is 0 Å². The molecule has 1 atom stereocenters. The number of urea groups is 1. The van der Waals surface area contributed by atoms with Crippen LogP contribution in [0, 0.1) is 5.41 Å². The minimum Gasteiger partial charge on any atom is -0.481 e. The van der Waals surface area contributed by atoms with E-state index < -0.39 is 18.0 Å². The fraction of sp³-hybridized carbons (Fsp3) is 0.615. The first kappa shape index (κ1) is 16.0. The Labute approximate surface area is 118 Å². The third-order valence-electron chi connectivity index (χ3n) is 2.59. The number of carbonyl (C=O) groups is 2. The highest BCUT2D eigenvalue weighted by Gasteiger charge is 2.22. The Morgan fingerprint density at radius 3 is 2.65 bits per heavy atom. The average molecular weight is 282 g/mol. The van der Waals surface area contributed by atoms with Gasteiger partial charge in [0.1, 0.15) is 5.82 Å². The van der Waals surface area contributed by atoms with Gasteiger partial charge in [-0.3, -0.25) is 4.79 Å². The van der Waals surface area contributed by atoms with Gasteiger partial charge in [0.05, 0.1) is 13.0 Å². The Hall–Kier alpha value is -2.05. The zero-order valence-electron chi connectivity index (χ0n) is 12.1. The van der Waals surface area contributed by atoms with Gasteiger partial charge in [-0.2, -0.15) is 0 Å². The monoisotopic (exact) mass is 282 g/mol. The number of imidazole rings is 1. The van der Waals surface area contributed by atoms with Crippen molar-refractivity contribution in [2.45, 2.75) is 46.2 Å². The van der Waals surface area contributed by atoms with Crippen LogP contribution in [0.15, 0.2) is 12.4 Å². The molecule has 20 heavy (non-hydrogen) atoms. The summed E-state index contributed by atoms with van der Waals surface area (Å²) in [5.41, 5.74) is -0.0611. The maximum atomic E-state index is 11.8. The summed E-state index contributed by atoms with van der Waals surface area (Å²) in [6.45, 7) is 6.28. The SMILES string of the molecule is CC(C)(C)CC(CC(=O)O)NC(=O)NCc1ncc[nH]1. The second-order valence-electron chi connectivity index (χ2n) is 5.92. The minimum atomic E-state index is -0.925. The summed E-state index contributed by atoms with van der Waals surface area (Å²) in [5.74, 6) is -0.281. The van der Waals surface area contributed by atoms with E-state index in [1.165, 1.54) is 0 Å². The van der Waals surface area contributed by atoms with Gasteiger partial charge in [-0.05, 0) is 11.8 Å². The van der Waals surface area contributed by atoms with Crippen LogP contribution in [0.25, 0.3) is 0 Å². The van der Waals surface area contributed by atoms with E-state index in [0.29, 0.717) is 12.2 Å². The lowest BCUT2D eigenvalue weighted by atomic mass is 9.87. The lowest BCUT2D eigenvalue weighted by Crippen LogP contribution is -2.44. The van der Waals surface area contributed by atoms with E-state index in [0.717, 1.165) is 0 Å². The van der Waals surface area contributed by atoms with E-state index in [-0.39, 0.29) is 18.4 Å². The molecule has 0 saturated heterocycles. The molecular formula is C13H22N4O3. The molecule has 7 nitrogen and oxygen atoms in total. The molecule has 1 heterocycles. The summed E-state index contributed by atoms with van der Waals surface area (Å²) in [5, 5.41) is 14.2. The van der Waals surface area contributed by atoms with E-state index in [1.54, 1.807) is 12.4 Å². The van der Waals surface area contributed by atoms with Crippen molar-refractivity contribution in [2.75, 3.05) is 0 Å². The number of nitrogens with one attached hydrogen (secondary N) is 3. The molecule has 112 valence electrons. The zero-order chi connectivity index (χ0) is 15.2. The molecule has 1 aromatic heterocycles. The number of aliphatic carboxylic acids is 1. The van der Waals surface area contributed by atoms with Gasteiger partial charge in [0, 0.05) is 18.4 Å². The van der Waals surface area contributed by atoms with Crippen molar-refractivity contribution in [1.29, 1.82) is 0 Å². The predicted octanol–water partition coefficient (Wildman–Crippen LogP) is 1.49. The number of hydrogen-bond donors (Lipinski definition) is 4. The second-order valence-corrected chi connectivity index (χ2v) is 5.92. The van der Waals surface area contributed by atoms with Crippen molar-refractivity contribution in [3.05, 3.63) is 18.2 Å². The van der Waals surface area contributed by atoms with Gasteiger partial charge in [-0.15, -0.1) is 0 Å². The van der Waals surface area contributed by atoms with Gasteiger partial charge in [0.2, 0.25) is 0 Å². The molecule has 0 aliphatic rings. The third-order valence-corrected chi connectivity index (χ3v) is 2.59. The Bertz CT molecular complexity index is 437. The largest absolute Gasteiger partial charge is 0.481 e. The number of carboxylic acids is 1. The highest BCUT2D eigenvalue weighted by molar-refractivity contribution is 5.75. The number of H-pyrrole nitrogens is 1. The molecule has 0 aliphatic heterocycles. The Morgan fingerprint density at radius 2 is 2.15 bits per heavy atom. The zero-order valence-corrected chi connectivity index (χ0v) is 12.1. The molecule has 0 bridgehead atoms. The van der Waals surface area contributed by atoms with Gasteiger partial charge in [-0.1, -0.05) is 20.8 Å².